The molecule has 26 heavy (non-hydrogen) atoms. The summed E-state index contributed by atoms with van der Waals surface area (Å²) in [4.78, 5) is 9.93. The van der Waals surface area contributed by atoms with E-state index in [9.17, 15) is 0 Å². The highest BCUT2D eigenvalue weighted by Crippen LogP contribution is 2.26. The molecule has 0 spiro atoms. The summed E-state index contributed by atoms with van der Waals surface area (Å²) in [6.45, 7) is 9.69. The van der Waals surface area contributed by atoms with Crippen LogP contribution in [-0.4, -0.2) is 47.6 Å². The topological polar surface area (TPSA) is 28.6 Å². The summed E-state index contributed by atoms with van der Waals surface area (Å²) in [5, 5.41) is 3.56. The predicted octanol–water partition coefficient (Wildman–Crippen LogP) is 3.74. The Kier molecular flexibility index (Phi) is 5.88. The van der Waals surface area contributed by atoms with Gasteiger partial charge in [0.05, 0.1) is 17.3 Å². The van der Waals surface area contributed by atoms with E-state index in [1.165, 1.54) is 34.7 Å². The Labute approximate surface area is 160 Å². The predicted molar refractivity (Wildman–Crippen MR) is 107 cm³/mol. The summed E-state index contributed by atoms with van der Waals surface area (Å²) in [6, 6.07) is 6.71. The van der Waals surface area contributed by atoms with E-state index in [4.69, 9.17) is 9.72 Å². The van der Waals surface area contributed by atoms with E-state index >= 15 is 0 Å². The molecule has 0 atom stereocenters. The average molecular weight is 372 g/mol. The maximum Gasteiger partial charge on any atom is 0.122 e. The molecule has 0 aliphatic carbocycles. The molecule has 1 aromatic heterocycles. The minimum atomic E-state index is 0.842. The van der Waals surface area contributed by atoms with Gasteiger partial charge >= 0.3 is 0 Å². The van der Waals surface area contributed by atoms with Crippen molar-refractivity contribution in [2.24, 2.45) is 0 Å². The Balaban J connectivity index is 1.24. The monoisotopic (exact) mass is 371 g/mol. The molecule has 0 N–H and O–H groups in total. The zero-order chi connectivity index (χ0) is 17.8. The van der Waals surface area contributed by atoms with E-state index in [2.05, 4.69) is 40.3 Å². The Bertz CT molecular complexity index is 722. The van der Waals surface area contributed by atoms with Gasteiger partial charge in [0.15, 0.2) is 0 Å². The van der Waals surface area contributed by atoms with Crippen molar-refractivity contribution in [3.8, 4) is 5.75 Å². The molecule has 0 amide bonds. The van der Waals surface area contributed by atoms with Crippen LogP contribution in [0.2, 0.25) is 0 Å². The zero-order valence-electron chi connectivity index (χ0n) is 15.7. The van der Waals surface area contributed by atoms with Gasteiger partial charge in [-0.15, -0.1) is 11.3 Å². The van der Waals surface area contributed by atoms with Crippen molar-refractivity contribution in [2.75, 3.05) is 32.8 Å². The Morgan fingerprint density at radius 3 is 2.73 bits per heavy atom. The van der Waals surface area contributed by atoms with Crippen LogP contribution < -0.4 is 4.74 Å². The van der Waals surface area contributed by atoms with E-state index in [1.54, 1.807) is 0 Å². The second-order valence-corrected chi connectivity index (χ2v) is 8.37. The molecule has 0 saturated carbocycles. The standard InChI is InChI=1S/C21H29N3OS/c1-2-3-4-21-22-19(16-26-21)15-24-10-8-23(9-11-24)14-17-5-6-20-18(13-17)7-12-25-20/h5-6,13,16H,2-4,7-12,14-15H2,1H3. The van der Waals surface area contributed by atoms with Crippen LogP contribution in [0.25, 0.3) is 0 Å². The SMILES string of the molecule is CCCCc1nc(CN2CCN(Cc3ccc4c(c3)CCO4)CC2)cs1. The Morgan fingerprint density at radius 1 is 1.12 bits per heavy atom. The van der Waals surface area contributed by atoms with Crippen LogP contribution in [0.1, 0.15) is 41.6 Å². The minimum Gasteiger partial charge on any atom is -0.493 e. The molecule has 0 bridgehead atoms. The first-order valence-corrected chi connectivity index (χ1v) is 10.8. The highest BCUT2D eigenvalue weighted by Gasteiger charge is 2.19. The largest absolute Gasteiger partial charge is 0.493 e. The molecular weight excluding hydrogens is 342 g/mol. The molecule has 1 saturated heterocycles. The average Bonchev–Trinajstić information content (AvgIpc) is 3.30. The fourth-order valence-corrected chi connectivity index (χ4v) is 4.63. The highest BCUT2D eigenvalue weighted by molar-refractivity contribution is 7.09. The number of hydrogen-bond donors (Lipinski definition) is 0. The number of benzene rings is 1. The molecule has 3 heterocycles. The van der Waals surface area contributed by atoms with Crippen molar-refractivity contribution >= 4 is 11.3 Å². The second kappa shape index (κ2) is 8.51. The van der Waals surface area contributed by atoms with Gasteiger partial charge < -0.3 is 4.74 Å². The van der Waals surface area contributed by atoms with Crippen LogP contribution in [0.4, 0.5) is 0 Å². The number of thiazole rings is 1. The third-order valence-corrected chi connectivity index (χ3v) is 6.31. The number of fused-ring (bicyclic) bond motifs is 1. The van der Waals surface area contributed by atoms with E-state index < -0.39 is 0 Å². The molecule has 2 aliphatic rings. The maximum absolute atomic E-state index is 5.61. The molecule has 4 nitrogen and oxygen atoms in total. The molecule has 140 valence electrons. The lowest BCUT2D eigenvalue weighted by Crippen LogP contribution is -2.45. The number of aryl methyl sites for hydroxylation is 1. The van der Waals surface area contributed by atoms with E-state index in [0.717, 1.165) is 64.5 Å². The van der Waals surface area contributed by atoms with Crippen molar-refractivity contribution in [3.05, 3.63) is 45.4 Å². The van der Waals surface area contributed by atoms with Crippen molar-refractivity contribution < 1.29 is 4.74 Å². The van der Waals surface area contributed by atoms with Gasteiger partial charge in [-0.1, -0.05) is 25.5 Å². The molecule has 0 radical (unpaired) electrons. The summed E-state index contributed by atoms with van der Waals surface area (Å²) < 4.78 is 5.61. The number of nitrogens with zero attached hydrogens (tertiary/aromatic N) is 3. The lowest BCUT2D eigenvalue weighted by atomic mass is 10.1. The van der Waals surface area contributed by atoms with E-state index in [0.29, 0.717) is 0 Å². The third-order valence-electron chi connectivity index (χ3n) is 5.35. The van der Waals surface area contributed by atoms with Gasteiger partial charge in [0.25, 0.3) is 0 Å². The molecular formula is C21H29N3OS. The molecule has 5 heteroatoms. The number of rotatable bonds is 7. The van der Waals surface area contributed by atoms with Crippen LogP contribution in [0, 0.1) is 0 Å². The fraction of sp³-hybridized carbons (Fsp3) is 0.571. The van der Waals surface area contributed by atoms with Gasteiger partial charge in [0, 0.05) is 51.1 Å². The van der Waals surface area contributed by atoms with Gasteiger partial charge in [-0.2, -0.15) is 0 Å². The summed E-state index contributed by atoms with van der Waals surface area (Å²) >= 11 is 1.83. The van der Waals surface area contributed by atoms with Crippen LogP contribution in [0.5, 0.6) is 5.75 Å². The minimum absolute atomic E-state index is 0.842. The summed E-state index contributed by atoms with van der Waals surface area (Å²) in [6.07, 6.45) is 4.69. The first-order chi connectivity index (χ1) is 12.8. The van der Waals surface area contributed by atoms with Gasteiger partial charge in [-0.05, 0) is 30.0 Å². The smallest absolute Gasteiger partial charge is 0.122 e. The summed E-state index contributed by atoms with van der Waals surface area (Å²) in [5.41, 5.74) is 4.06. The first kappa shape index (κ1) is 18.0. The van der Waals surface area contributed by atoms with Crippen molar-refractivity contribution in [2.45, 2.75) is 45.7 Å². The number of ether oxygens (including phenoxy) is 1. The van der Waals surface area contributed by atoms with Crippen molar-refractivity contribution in [1.82, 2.24) is 14.8 Å². The quantitative estimate of drug-likeness (QED) is 0.741. The van der Waals surface area contributed by atoms with Crippen LogP contribution in [0.3, 0.4) is 0 Å². The van der Waals surface area contributed by atoms with Gasteiger partial charge in [-0.3, -0.25) is 9.80 Å². The molecule has 0 unspecified atom stereocenters. The van der Waals surface area contributed by atoms with E-state index in [1.807, 2.05) is 11.3 Å². The number of aromatic nitrogens is 1. The first-order valence-electron chi connectivity index (χ1n) is 9.93. The number of unbranched alkanes of at least 4 members (excludes halogenated alkanes) is 1. The lowest BCUT2D eigenvalue weighted by molar-refractivity contribution is 0.121. The maximum atomic E-state index is 5.61. The van der Waals surface area contributed by atoms with Crippen LogP contribution >= 0.6 is 11.3 Å². The number of piperazine rings is 1. The highest BCUT2D eigenvalue weighted by atomic mass is 32.1. The van der Waals surface area contributed by atoms with Gasteiger partial charge in [-0.25, -0.2) is 4.98 Å². The van der Waals surface area contributed by atoms with Crippen molar-refractivity contribution in [3.63, 3.8) is 0 Å². The summed E-state index contributed by atoms with van der Waals surface area (Å²) in [5.74, 6) is 1.08. The number of hydrogen-bond acceptors (Lipinski definition) is 5. The lowest BCUT2D eigenvalue weighted by Gasteiger charge is -2.34. The molecule has 2 aliphatic heterocycles. The Morgan fingerprint density at radius 2 is 1.92 bits per heavy atom. The molecule has 1 fully saturated rings. The second-order valence-electron chi connectivity index (χ2n) is 7.43. The van der Waals surface area contributed by atoms with E-state index in [-0.39, 0.29) is 0 Å². The molecule has 4 rings (SSSR count). The molecule has 2 aromatic rings. The van der Waals surface area contributed by atoms with Gasteiger partial charge in [0.2, 0.25) is 0 Å². The summed E-state index contributed by atoms with van der Waals surface area (Å²) in [7, 11) is 0. The normalized spacial score (nSPS) is 18.0. The van der Waals surface area contributed by atoms with Crippen LogP contribution in [-0.2, 0) is 25.9 Å². The third kappa shape index (κ3) is 4.45. The fourth-order valence-electron chi connectivity index (χ4n) is 3.80. The zero-order valence-corrected chi connectivity index (χ0v) is 16.6. The van der Waals surface area contributed by atoms with Gasteiger partial charge in [0.1, 0.15) is 5.75 Å². The van der Waals surface area contributed by atoms with Crippen LogP contribution in [0.15, 0.2) is 23.6 Å². The molecule has 1 aromatic carbocycles. The van der Waals surface area contributed by atoms with Crippen molar-refractivity contribution in [1.29, 1.82) is 0 Å². The Hall–Kier alpha value is -1.43.